The van der Waals surface area contributed by atoms with Crippen LogP contribution in [0.15, 0.2) is 35.3 Å². The van der Waals surface area contributed by atoms with Gasteiger partial charge < -0.3 is 4.74 Å². The van der Waals surface area contributed by atoms with Crippen LogP contribution < -0.4 is 5.56 Å². The van der Waals surface area contributed by atoms with Gasteiger partial charge in [-0.3, -0.25) is 9.48 Å². The highest BCUT2D eigenvalue weighted by Crippen LogP contribution is 2.53. The molecule has 1 saturated carbocycles. The first-order valence-electron chi connectivity index (χ1n) is 7.86. The molecule has 1 aromatic carbocycles. The molecule has 2 fully saturated rings. The molecule has 0 unspecified atom stereocenters. The van der Waals surface area contributed by atoms with Crippen molar-refractivity contribution < 1.29 is 9.13 Å². The Hall–Kier alpha value is -2.61. The van der Waals surface area contributed by atoms with Crippen LogP contribution in [0.25, 0.3) is 11.0 Å². The Morgan fingerprint density at radius 3 is 2.83 bits per heavy atom. The predicted octanol–water partition coefficient (Wildman–Crippen LogP) is 0.993. The average Bonchev–Trinajstić information content (AvgIpc) is 2.94. The lowest BCUT2D eigenvalue weighted by atomic mass is 10.2. The molecule has 5 rings (SSSR count). The molecule has 0 N–H and O–H groups in total. The molecule has 0 bridgehead atoms. The van der Waals surface area contributed by atoms with Crippen LogP contribution in [0.2, 0.25) is 0 Å². The minimum atomic E-state index is -0.300. The van der Waals surface area contributed by atoms with Gasteiger partial charge >= 0.3 is 0 Å². The third kappa shape index (κ3) is 1.99. The number of rotatable bonds is 3. The third-order valence-corrected chi connectivity index (χ3v) is 4.88. The van der Waals surface area contributed by atoms with Gasteiger partial charge in [-0.25, -0.2) is 9.07 Å². The van der Waals surface area contributed by atoms with Gasteiger partial charge in [0.05, 0.1) is 32.0 Å². The van der Waals surface area contributed by atoms with Crippen LogP contribution in [0.5, 0.6) is 0 Å². The van der Waals surface area contributed by atoms with Gasteiger partial charge in [0.25, 0.3) is 5.56 Å². The lowest BCUT2D eigenvalue weighted by Gasteiger charge is -2.05. The second kappa shape index (κ2) is 4.94. The number of nitrogens with zero attached hydrogens (tertiary/aromatic N) is 5. The molecule has 2 aliphatic rings. The van der Waals surface area contributed by atoms with Crippen molar-refractivity contribution in [3.63, 3.8) is 0 Å². The van der Waals surface area contributed by atoms with Crippen LogP contribution in [0.4, 0.5) is 4.39 Å². The Labute approximate surface area is 135 Å². The zero-order valence-electron chi connectivity index (χ0n) is 12.7. The van der Waals surface area contributed by atoms with Gasteiger partial charge in [-0.2, -0.15) is 5.10 Å². The number of aromatic nitrogens is 5. The fourth-order valence-electron chi connectivity index (χ4n) is 3.53. The number of hydrogen-bond acceptors (Lipinski definition) is 5. The summed E-state index contributed by atoms with van der Waals surface area (Å²) in [6.45, 7) is 1.58. The van der Waals surface area contributed by atoms with Crippen LogP contribution in [0.3, 0.4) is 0 Å². The summed E-state index contributed by atoms with van der Waals surface area (Å²) in [5.41, 5.74) is 0.959. The second-order valence-electron chi connectivity index (χ2n) is 6.35. The smallest absolute Gasteiger partial charge is 0.298 e. The van der Waals surface area contributed by atoms with E-state index >= 15 is 0 Å². The number of hydrogen-bond donors (Lipinski definition) is 0. The van der Waals surface area contributed by atoms with Crippen LogP contribution in [0, 0.1) is 17.7 Å². The summed E-state index contributed by atoms with van der Waals surface area (Å²) in [7, 11) is 0. The van der Waals surface area contributed by atoms with Gasteiger partial charge in [0.2, 0.25) is 0 Å². The molecule has 24 heavy (non-hydrogen) atoms. The molecule has 0 spiro atoms. The quantitative estimate of drug-likeness (QED) is 0.717. The molecule has 3 atom stereocenters. The Kier molecular flexibility index (Phi) is 2.84. The molecule has 0 amide bonds. The molecule has 1 aliphatic carbocycles. The summed E-state index contributed by atoms with van der Waals surface area (Å²) in [5.74, 6) is 0.413. The summed E-state index contributed by atoms with van der Waals surface area (Å²) in [6, 6.07) is 6.57. The van der Waals surface area contributed by atoms with E-state index in [1.54, 1.807) is 24.4 Å². The summed E-state index contributed by atoms with van der Waals surface area (Å²) in [4.78, 5) is 12.6. The summed E-state index contributed by atoms with van der Waals surface area (Å²) >= 11 is 0. The first-order valence-corrected chi connectivity index (χ1v) is 7.86. The molecule has 3 heterocycles. The standard InChI is InChI=1S/C16H14FN5O2/c17-12-4-2-1-3-9(12)5-21-6-13-14(19-21)16(23)22(20-18-13)15-10-7-24-8-11(10)15/h1-4,6,10-11,15H,5,7-8H2/t10-,11+,15-. The van der Waals surface area contributed by atoms with Crippen LogP contribution >= 0.6 is 0 Å². The predicted molar refractivity (Wildman–Crippen MR) is 81.9 cm³/mol. The average molecular weight is 327 g/mol. The minimum Gasteiger partial charge on any atom is -0.381 e. The maximum absolute atomic E-state index is 13.8. The molecule has 3 aromatic rings. The van der Waals surface area contributed by atoms with Gasteiger partial charge in [0.1, 0.15) is 11.3 Å². The molecule has 0 radical (unpaired) electrons. The van der Waals surface area contributed by atoms with Crippen molar-refractivity contribution in [3.05, 3.63) is 52.2 Å². The lowest BCUT2D eigenvalue weighted by molar-refractivity contribution is 0.149. The Morgan fingerprint density at radius 1 is 1.25 bits per heavy atom. The number of benzene rings is 1. The van der Waals surface area contributed by atoms with E-state index in [1.807, 2.05) is 0 Å². The zero-order chi connectivity index (χ0) is 16.3. The molecule has 7 nitrogen and oxygen atoms in total. The summed E-state index contributed by atoms with van der Waals surface area (Å²) in [5, 5.41) is 12.5. The van der Waals surface area contributed by atoms with Crippen LogP contribution in [-0.2, 0) is 11.3 Å². The minimum absolute atomic E-state index is 0.0693. The van der Waals surface area contributed by atoms with Crippen molar-refractivity contribution in [2.45, 2.75) is 12.6 Å². The van der Waals surface area contributed by atoms with Crippen molar-refractivity contribution in [1.82, 2.24) is 24.8 Å². The van der Waals surface area contributed by atoms with Gasteiger partial charge in [0.15, 0.2) is 5.52 Å². The Bertz CT molecular complexity index is 988. The van der Waals surface area contributed by atoms with Crippen molar-refractivity contribution >= 4 is 11.0 Å². The second-order valence-corrected chi connectivity index (χ2v) is 6.35. The van der Waals surface area contributed by atoms with E-state index in [1.165, 1.54) is 15.4 Å². The first kappa shape index (κ1) is 13.8. The van der Waals surface area contributed by atoms with Gasteiger partial charge in [-0.15, -0.1) is 5.10 Å². The van der Waals surface area contributed by atoms with E-state index in [4.69, 9.17) is 4.74 Å². The summed E-state index contributed by atoms with van der Waals surface area (Å²) < 4.78 is 22.1. The maximum Gasteiger partial charge on any atom is 0.298 e. The van der Waals surface area contributed by atoms with Gasteiger partial charge in [0, 0.05) is 17.4 Å². The highest BCUT2D eigenvalue weighted by molar-refractivity contribution is 5.71. The van der Waals surface area contributed by atoms with E-state index in [9.17, 15) is 9.18 Å². The van der Waals surface area contributed by atoms with Crippen molar-refractivity contribution in [1.29, 1.82) is 0 Å². The fraction of sp³-hybridized carbons (Fsp3) is 0.375. The van der Waals surface area contributed by atoms with Crippen molar-refractivity contribution in [2.75, 3.05) is 13.2 Å². The molecule has 1 saturated heterocycles. The van der Waals surface area contributed by atoms with Crippen molar-refractivity contribution in [2.24, 2.45) is 11.8 Å². The normalized spacial score (nSPS) is 25.1. The van der Waals surface area contributed by atoms with E-state index in [0.717, 1.165) is 0 Å². The number of ether oxygens (including phenoxy) is 1. The van der Waals surface area contributed by atoms with E-state index in [-0.39, 0.29) is 29.5 Å². The number of halogens is 1. The first-order chi connectivity index (χ1) is 11.7. The molecule has 122 valence electrons. The highest BCUT2D eigenvalue weighted by atomic mass is 19.1. The summed E-state index contributed by atoms with van der Waals surface area (Å²) in [6.07, 6.45) is 1.62. The maximum atomic E-state index is 13.8. The van der Waals surface area contributed by atoms with E-state index in [0.29, 0.717) is 36.1 Å². The largest absolute Gasteiger partial charge is 0.381 e. The van der Waals surface area contributed by atoms with E-state index < -0.39 is 0 Å². The molecule has 1 aliphatic heterocycles. The SMILES string of the molecule is O=c1c2nn(Cc3ccccc3F)cc2nnn1[C@@H]1[C@@H]2COC[C@@H]21. The van der Waals surface area contributed by atoms with Gasteiger partial charge in [-0.05, 0) is 6.07 Å². The zero-order valence-corrected chi connectivity index (χ0v) is 12.7. The molecular formula is C16H14FN5O2. The van der Waals surface area contributed by atoms with Crippen molar-refractivity contribution in [3.8, 4) is 0 Å². The van der Waals surface area contributed by atoms with Crippen LogP contribution in [-0.4, -0.2) is 38.0 Å². The number of fused-ring (bicyclic) bond motifs is 2. The fourth-order valence-corrected chi connectivity index (χ4v) is 3.53. The molecule has 8 heteroatoms. The molecule has 2 aromatic heterocycles. The monoisotopic (exact) mass is 327 g/mol. The molecular weight excluding hydrogens is 313 g/mol. The van der Waals surface area contributed by atoms with Gasteiger partial charge in [-0.1, -0.05) is 23.4 Å². The Morgan fingerprint density at radius 2 is 2.04 bits per heavy atom. The topological polar surface area (TPSA) is 74.8 Å². The third-order valence-electron chi connectivity index (χ3n) is 4.88. The van der Waals surface area contributed by atoms with E-state index in [2.05, 4.69) is 15.4 Å². The Balaban J connectivity index is 1.51. The highest BCUT2D eigenvalue weighted by Gasteiger charge is 2.56. The van der Waals surface area contributed by atoms with Crippen LogP contribution in [0.1, 0.15) is 11.6 Å². The lowest BCUT2D eigenvalue weighted by Crippen LogP contribution is -2.26.